The number of allylic oxidation sites excluding steroid dienone is 1. The lowest BCUT2D eigenvalue weighted by molar-refractivity contribution is -0.384. The van der Waals surface area contributed by atoms with Crippen molar-refractivity contribution in [1.82, 2.24) is 10.2 Å². The van der Waals surface area contributed by atoms with Gasteiger partial charge in [0.2, 0.25) is 0 Å². The molecule has 2 aliphatic rings. The number of nitro groups is 1. The molecule has 53 heavy (non-hydrogen) atoms. The predicted octanol–water partition coefficient (Wildman–Crippen LogP) is 3.70. The summed E-state index contributed by atoms with van der Waals surface area (Å²) in [5, 5.41) is 14.5. The van der Waals surface area contributed by atoms with E-state index in [-0.39, 0.29) is 28.7 Å². The molecule has 1 atom stereocenters. The second-order valence-corrected chi connectivity index (χ2v) is 15.3. The van der Waals surface area contributed by atoms with Crippen molar-refractivity contribution < 1.29 is 49.9 Å². The maximum Gasteiger partial charge on any atom is 0.339 e. The van der Waals surface area contributed by atoms with Gasteiger partial charge in [0.05, 0.1) is 46.6 Å². The first-order valence-electron chi connectivity index (χ1n) is 16.0. The molecule has 2 aliphatic heterocycles. The van der Waals surface area contributed by atoms with Crippen molar-refractivity contribution in [2.45, 2.75) is 44.9 Å². The monoisotopic (exact) mass is 774 g/mol. The van der Waals surface area contributed by atoms with Crippen LogP contribution in [0.5, 0.6) is 0 Å². The van der Waals surface area contributed by atoms with Gasteiger partial charge in [0.1, 0.15) is 11.9 Å². The Kier molecular flexibility index (Phi) is 14.4. The van der Waals surface area contributed by atoms with Gasteiger partial charge >= 0.3 is 11.9 Å². The first-order chi connectivity index (χ1) is 24.6. The average Bonchev–Trinajstić information content (AvgIpc) is 3.02. The number of benzene rings is 3. The molecule has 5 N–H and O–H groups in total. The number of rotatable bonds is 9. The molecule has 3 aromatic rings. The Labute approximate surface area is 307 Å². The van der Waals surface area contributed by atoms with Gasteiger partial charge in [0.25, 0.3) is 25.9 Å². The molecule has 0 radical (unpaired) electrons. The van der Waals surface area contributed by atoms with Crippen LogP contribution in [0.15, 0.2) is 108 Å². The number of ether oxygens (including phenoxy) is 2. The number of hydrogen-bond donors (Lipinski definition) is 4. The summed E-state index contributed by atoms with van der Waals surface area (Å²) in [4.78, 5) is 40.4. The van der Waals surface area contributed by atoms with E-state index in [9.17, 15) is 36.5 Å². The highest BCUT2D eigenvalue weighted by Gasteiger charge is 2.42. The van der Waals surface area contributed by atoms with Crippen LogP contribution >= 0.6 is 0 Å². The minimum Gasteiger partial charge on any atom is -0.460 e. The smallest absolute Gasteiger partial charge is 0.339 e. The Balaban J connectivity index is 0.000000669. The van der Waals surface area contributed by atoms with Crippen molar-refractivity contribution in [2.24, 2.45) is 5.73 Å². The molecule has 18 heteroatoms. The zero-order chi connectivity index (χ0) is 39.7. The third-order valence-electron chi connectivity index (χ3n) is 7.54. The van der Waals surface area contributed by atoms with Gasteiger partial charge in [-0.3, -0.25) is 24.1 Å². The number of hydrogen-bond acceptors (Lipinski definition) is 13. The standard InChI is InChI=1S/C33H34N4O6.2CH4O3S/c1-20(2)42-32(38)27-21(3)35-31(34)29(28(27)24-15-10-16-25(17-24)37(40)41)33(39)43-26-18-36(19-26)30(22-11-6-4-7-12-22)23-13-8-5-9-14-23;2*1-5(2,3)4/h4-17,20,26,28,30,35H,18-19,34H2,1-3H3;2*1H3,(H,2,3,4)/t28-;;/m1../s1. The molecule has 0 aliphatic carbocycles. The summed E-state index contributed by atoms with van der Waals surface area (Å²) >= 11 is 0. The van der Waals surface area contributed by atoms with Crippen LogP contribution in [-0.4, -0.2) is 85.5 Å². The van der Waals surface area contributed by atoms with E-state index in [0.717, 1.165) is 11.1 Å². The number of carbonyl (C=O) groups is 2. The number of carbonyl (C=O) groups excluding carboxylic acids is 2. The van der Waals surface area contributed by atoms with E-state index in [4.69, 9.17) is 24.3 Å². The predicted molar refractivity (Wildman–Crippen MR) is 195 cm³/mol. The minimum atomic E-state index is -3.67. The molecular formula is C35H42N4O12S2. The quantitative estimate of drug-likeness (QED) is 0.105. The van der Waals surface area contributed by atoms with Crippen molar-refractivity contribution in [2.75, 3.05) is 25.6 Å². The molecule has 3 aromatic carbocycles. The summed E-state index contributed by atoms with van der Waals surface area (Å²) in [7, 11) is -7.33. The van der Waals surface area contributed by atoms with E-state index in [1.165, 1.54) is 18.2 Å². The maximum atomic E-state index is 13.8. The van der Waals surface area contributed by atoms with Gasteiger partial charge in [-0.2, -0.15) is 16.8 Å². The molecule has 0 unspecified atom stereocenters. The summed E-state index contributed by atoms with van der Waals surface area (Å²) in [5.74, 6) is -2.37. The van der Waals surface area contributed by atoms with Crippen molar-refractivity contribution in [3.63, 3.8) is 0 Å². The van der Waals surface area contributed by atoms with E-state index in [1.54, 1.807) is 26.8 Å². The lowest BCUT2D eigenvalue weighted by atomic mass is 9.81. The SMILES string of the molecule is CC1=C(C(=O)OC(C)C)[C@@H](c2cccc([N+](=O)[O-])c2)C(C(=O)OC2CN(C(c3ccccc3)c3ccccc3)C2)=C(N)N1.CS(=O)(=O)O.CS(=O)(=O)O. The van der Waals surface area contributed by atoms with Gasteiger partial charge in [-0.1, -0.05) is 72.8 Å². The fourth-order valence-electron chi connectivity index (χ4n) is 5.64. The van der Waals surface area contributed by atoms with Crippen LogP contribution in [0.2, 0.25) is 0 Å². The van der Waals surface area contributed by atoms with Crippen LogP contribution in [0.3, 0.4) is 0 Å². The highest BCUT2D eigenvalue weighted by Crippen LogP contribution is 2.40. The fourth-order valence-corrected chi connectivity index (χ4v) is 5.64. The molecule has 0 spiro atoms. The topological polar surface area (TPSA) is 246 Å². The van der Waals surface area contributed by atoms with Crippen LogP contribution in [0.25, 0.3) is 0 Å². The van der Waals surface area contributed by atoms with Gasteiger partial charge in [-0.25, -0.2) is 9.59 Å². The largest absolute Gasteiger partial charge is 0.460 e. The first kappa shape index (κ1) is 42.3. The van der Waals surface area contributed by atoms with Gasteiger partial charge in [0.15, 0.2) is 0 Å². The number of nitrogens with zero attached hydrogens (tertiary/aromatic N) is 2. The third-order valence-corrected chi connectivity index (χ3v) is 7.54. The number of dihydropyridines is 1. The van der Waals surface area contributed by atoms with E-state index in [2.05, 4.69) is 34.5 Å². The van der Waals surface area contributed by atoms with Crippen LogP contribution in [0, 0.1) is 10.1 Å². The molecular weight excluding hydrogens is 733 g/mol. The number of esters is 2. The van der Waals surface area contributed by atoms with Crippen molar-refractivity contribution in [1.29, 1.82) is 0 Å². The molecule has 286 valence electrons. The summed E-state index contributed by atoms with van der Waals surface area (Å²) in [6.45, 7) is 6.05. The summed E-state index contributed by atoms with van der Waals surface area (Å²) < 4.78 is 63.2. The second-order valence-electron chi connectivity index (χ2n) is 12.4. The summed E-state index contributed by atoms with van der Waals surface area (Å²) in [6, 6.07) is 26.0. The van der Waals surface area contributed by atoms with Gasteiger partial charge in [-0.15, -0.1) is 0 Å². The minimum absolute atomic E-state index is 0.00271. The zero-order valence-corrected chi connectivity index (χ0v) is 31.2. The number of non-ortho nitro benzene ring substituents is 1. The lowest BCUT2D eigenvalue weighted by Gasteiger charge is -2.44. The molecule has 0 aromatic heterocycles. The van der Waals surface area contributed by atoms with Crippen molar-refractivity contribution >= 4 is 37.9 Å². The Morgan fingerprint density at radius 1 is 0.868 bits per heavy atom. The lowest BCUT2D eigenvalue weighted by Crippen LogP contribution is -2.54. The maximum absolute atomic E-state index is 13.8. The van der Waals surface area contributed by atoms with E-state index in [1.807, 2.05) is 36.4 Å². The average molecular weight is 775 g/mol. The van der Waals surface area contributed by atoms with Gasteiger partial charge in [-0.05, 0) is 37.5 Å². The Morgan fingerprint density at radius 2 is 1.36 bits per heavy atom. The number of nitrogens with one attached hydrogen (secondary N) is 1. The molecule has 5 rings (SSSR count). The van der Waals surface area contributed by atoms with Crippen LogP contribution in [0.4, 0.5) is 5.69 Å². The van der Waals surface area contributed by atoms with Crippen molar-refractivity contribution in [3.05, 3.63) is 134 Å². The number of nitro benzene ring substituents is 1. The molecule has 0 saturated carbocycles. The fraction of sp³-hybridized carbons (Fsp3) is 0.314. The third kappa shape index (κ3) is 13.1. The summed E-state index contributed by atoms with van der Waals surface area (Å²) in [5.41, 5.74) is 9.31. The van der Waals surface area contributed by atoms with E-state index in [0.29, 0.717) is 36.9 Å². The summed E-state index contributed by atoms with van der Waals surface area (Å²) in [6.07, 6.45) is 0.576. The molecule has 16 nitrogen and oxygen atoms in total. The molecule has 1 fully saturated rings. The normalized spacial score (nSPS) is 16.4. The highest BCUT2D eigenvalue weighted by molar-refractivity contribution is 7.85. The first-order valence-corrected chi connectivity index (χ1v) is 19.7. The second kappa shape index (κ2) is 18.1. The molecule has 0 bridgehead atoms. The van der Waals surface area contributed by atoms with Crippen molar-refractivity contribution in [3.8, 4) is 0 Å². The van der Waals surface area contributed by atoms with Gasteiger partial charge in [0, 0.05) is 30.9 Å². The Bertz CT molecular complexity index is 1980. The molecule has 1 saturated heterocycles. The highest BCUT2D eigenvalue weighted by atomic mass is 32.2. The molecule has 2 heterocycles. The number of likely N-dealkylation sites (tertiary alicyclic amines) is 1. The number of nitrogens with two attached hydrogens (primary N) is 1. The van der Waals surface area contributed by atoms with E-state index >= 15 is 0 Å². The Morgan fingerprint density at radius 3 is 1.81 bits per heavy atom. The van der Waals surface area contributed by atoms with Crippen LogP contribution in [-0.2, 0) is 39.3 Å². The van der Waals surface area contributed by atoms with Crippen LogP contribution in [0.1, 0.15) is 49.4 Å². The zero-order valence-electron chi connectivity index (χ0n) is 29.6. The molecule has 0 amide bonds. The van der Waals surface area contributed by atoms with Crippen LogP contribution < -0.4 is 11.1 Å². The van der Waals surface area contributed by atoms with E-state index < -0.39 is 55.2 Å². The Hall–Kier alpha value is -5.14. The van der Waals surface area contributed by atoms with Gasteiger partial charge < -0.3 is 20.5 Å².